The number of carbonyl (C=O) groups excluding carboxylic acids is 5. The Morgan fingerprint density at radius 2 is 1.50 bits per heavy atom. The number of rotatable bonds is 22. The van der Waals surface area contributed by atoms with E-state index >= 15 is 0 Å². The van der Waals surface area contributed by atoms with E-state index in [1.54, 1.807) is 20.1 Å². The fourth-order valence-electron chi connectivity index (χ4n) is 5.11. The second-order valence-electron chi connectivity index (χ2n) is 12.2. The van der Waals surface area contributed by atoms with Gasteiger partial charge in [0.2, 0.25) is 29.5 Å². The van der Waals surface area contributed by atoms with Crippen molar-refractivity contribution in [1.29, 1.82) is 0 Å². The van der Waals surface area contributed by atoms with Gasteiger partial charge >= 0.3 is 11.9 Å². The highest BCUT2D eigenvalue weighted by molar-refractivity contribution is 7.98. The van der Waals surface area contributed by atoms with E-state index in [9.17, 15) is 43.8 Å². The monoisotopic (exact) mass is 703 g/mol. The normalized spacial score (nSPS) is 18.2. The molecule has 0 radical (unpaired) electrons. The first-order chi connectivity index (χ1) is 22.5. The lowest BCUT2D eigenvalue weighted by atomic mass is 10.0. The second-order valence-corrected chi connectivity index (χ2v) is 13.2. The van der Waals surface area contributed by atoms with Crippen LogP contribution in [-0.2, 0) is 33.6 Å². The fraction of sp³-hybridized carbons (Fsp3) is 0.767. The Balaban J connectivity index is 3.09. The first kappa shape index (κ1) is 42.5. The summed E-state index contributed by atoms with van der Waals surface area (Å²) in [6, 6.07) is -7.13. The zero-order valence-electron chi connectivity index (χ0n) is 28.1. The van der Waals surface area contributed by atoms with Crippen molar-refractivity contribution in [3.63, 3.8) is 0 Å². The van der Waals surface area contributed by atoms with E-state index in [0.717, 1.165) is 0 Å². The van der Waals surface area contributed by atoms with Crippen LogP contribution in [0.2, 0.25) is 0 Å². The number of likely N-dealkylation sites (tertiary alicyclic amines) is 1. The second kappa shape index (κ2) is 21.5. The van der Waals surface area contributed by atoms with Crippen LogP contribution in [-0.4, -0.2) is 129 Å². The summed E-state index contributed by atoms with van der Waals surface area (Å²) >= 11 is 1.40. The van der Waals surface area contributed by atoms with Gasteiger partial charge in [0, 0.05) is 13.0 Å². The van der Waals surface area contributed by atoms with Gasteiger partial charge in [-0.2, -0.15) is 11.8 Å². The van der Waals surface area contributed by atoms with Crippen LogP contribution in [0.1, 0.15) is 72.1 Å². The van der Waals surface area contributed by atoms with Crippen LogP contribution >= 0.6 is 11.8 Å². The number of aliphatic hydroxyl groups excluding tert-OH is 1. The molecule has 48 heavy (non-hydrogen) atoms. The number of nitrogens with zero attached hydrogens (tertiary/aromatic N) is 1. The summed E-state index contributed by atoms with van der Waals surface area (Å²) in [5, 5.41) is 38.7. The van der Waals surface area contributed by atoms with Gasteiger partial charge in [0.1, 0.15) is 30.2 Å². The van der Waals surface area contributed by atoms with Crippen molar-refractivity contribution in [1.82, 2.24) is 26.2 Å². The molecule has 0 spiro atoms. The molecule has 0 aliphatic carbocycles. The van der Waals surface area contributed by atoms with Crippen LogP contribution < -0.4 is 32.7 Å². The maximum absolute atomic E-state index is 13.8. The first-order valence-electron chi connectivity index (χ1n) is 16.1. The van der Waals surface area contributed by atoms with Crippen LogP contribution in [0.4, 0.5) is 0 Å². The third-order valence-corrected chi connectivity index (χ3v) is 8.59. The lowest BCUT2D eigenvalue weighted by Crippen LogP contribution is -2.61. The van der Waals surface area contributed by atoms with Crippen molar-refractivity contribution in [2.24, 2.45) is 17.4 Å². The van der Waals surface area contributed by atoms with Gasteiger partial charge in [0.25, 0.3) is 0 Å². The number of hydrogen-bond acceptors (Lipinski definition) is 11. The molecule has 1 aliphatic rings. The van der Waals surface area contributed by atoms with Gasteiger partial charge in [0.05, 0.1) is 12.1 Å². The minimum Gasteiger partial charge on any atom is -0.481 e. The maximum atomic E-state index is 13.8. The summed E-state index contributed by atoms with van der Waals surface area (Å²) in [6.07, 6.45) is 2.02. The minimum absolute atomic E-state index is 0.131. The molecule has 1 aliphatic heterocycles. The minimum atomic E-state index is -1.52. The largest absolute Gasteiger partial charge is 0.481 e. The van der Waals surface area contributed by atoms with Crippen molar-refractivity contribution in [3.05, 3.63) is 0 Å². The van der Waals surface area contributed by atoms with Crippen LogP contribution in [0.15, 0.2) is 0 Å². The molecule has 7 atom stereocenters. The molecule has 1 rings (SSSR count). The highest BCUT2D eigenvalue weighted by Gasteiger charge is 2.40. The molecule has 0 unspecified atom stereocenters. The molecule has 0 aromatic rings. The van der Waals surface area contributed by atoms with E-state index < -0.39 is 89.7 Å². The molecule has 0 aromatic carbocycles. The molecule has 1 saturated heterocycles. The van der Waals surface area contributed by atoms with Gasteiger partial charge < -0.3 is 53.0 Å². The summed E-state index contributed by atoms with van der Waals surface area (Å²) in [5.41, 5.74) is 11.2. The van der Waals surface area contributed by atoms with E-state index in [1.165, 1.54) is 23.6 Å². The Morgan fingerprint density at radius 3 is 2.04 bits per heavy atom. The average molecular weight is 704 g/mol. The van der Waals surface area contributed by atoms with Crippen molar-refractivity contribution in [3.8, 4) is 0 Å². The average Bonchev–Trinajstić information content (AvgIpc) is 3.52. The highest BCUT2D eigenvalue weighted by atomic mass is 32.2. The lowest BCUT2D eigenvalue weighted by molar-refractivity contribution is -0.145. The highest BCUT2D eigenvalue weighted by Crippen LogP contribution is 2.21. The standard InChI is InChI=1S/C30H53N7O10S/c1-16(2)23(29(45)37-14-7-9-21(37)27(43)34-20(30(46)47)8-5-6-13-31)35-26(42)19(12-15-48-4)33-28(44)24(17(3)38)36-25(41)18(32)10-11-22(39)40/h16-21,23-24,38H,5-15,31-32H2,1-4H3,(H,33,44)(H,34,43)(H,35,42)(H,36,41)(H,39,40)(H,46,47)/t17-,18+,19+,20+,21+,23+,24+/m1/s1. The number of hydrogen-bond donors (Lipinski definition) is 9. The smallest absolute Gasteiger partial charge is 0.326 e. The van der Waals surface area contributed by atoms with Crippen molar-refractivity contribution >= 4 is 53.2 Å². The van der Waals surface area contributed by atoms with E-state index in [-0.39, 0.29) is 32.2 Å². The molecular weight excluding hydrogens is 650 g/mol. The molecule has 0 bridgehead atoms. The van der Waals surface area contributed by atoms with Gasteiger partial charge in [-0.1, -0.05) is 13.8 Å². The zero-order valence-corrected chi connectivity index (χ0v) is 28.9. The lowest BCUT2D eigenvalue weighted by Gasteiger charge is -2.32. The molecule has 17 nitrogen and oxygen atoms in total. The van der Waals surface area contributed by atoms with Gasteiger partial charge in [0.15, 0.2) is 0 Å². The number of aliphatic carboxylic acids is 2. The number of nitrogens with two attached hydrogens (primary N) is 2. The first-order valence-corrected chi connectivity index (χ1v) is 17.5. The number of unbranched alkanes of at least 4 members (excludes halogenated alkanes) is 1. The zero-order chi connectivity index (χ0) is 36.6. The number of carboxylic acid groups (broad SMARTS) is 2. The number of thioether (sulfide) groups is 1. The van der Waals surface area contributed by atoms with E-state index in [1.807, 2.05) is 0 Å². The molecule has 11 N–H and O–H groups in total. The summed E-state index contributed by atoms with van der Waals surface area (Å²) < 4.78 is 0. The number of carbonyl (C=O) groups is 7. The topological polar surface area (TPSA) is 284 Å². The number of nitrogens with one attached hydrogen (secondary N) is 4. The van der Waals surface area contributed by atoms with Crippen LogP contribution in [0.25, 0.3) is 0 Å². The van der Waals surface area contributed by atoms with Crippen LogP contribution in [0.3, 0.4) is 0 Å². The van der Waals surface area contributed by atoms with Gasteiger partial charge in [-0.15, -0.1) is 0 Å². The molecule has 274 valence electrons. The molecule has 0 aromatic heterocycles. The van der Waals surface area contributed by atoms with Crippen molar-refractivity contribution < 1.29 is 48.9 Å². The third-order valence-electron chi connectivity index (χ3n) is 7.94. The maximum Gasteiger partial charge on any atom is 0.326 e. The van der Waals surface area contributed by atoms with E-state index in [0.29, 0.717) is 38.0 Å². The molecule has 1 fully saturated rings. The number of carboxylic acids is 2. The van der Waals surface area contributed by atoms with E-state index in [4.69, 9.17) is 16.6 Å². The predicted octanol–water partition coefficient (Wildman–Crippen LogP) is -1.89. The van der Waals surface area contributed by atoms with Gasteiger partial charge in [-0.3, -0.25) is 28.8 Å². The molecule has 0 saturated carbocycles. The Kier molecular flexibility index (Phi) is 19.0. The van der Waals surface area contributed by atoms with Crippen molar-refractivity contribution in [2.75, 3.05) is 25.1 Å². The van der Waals surface area contributed by atoms with Crippen molar-refractivity contribution in [2.45, 2.75) is 114 Å². The number of amides is 5. The Labute approximate surface area is 285 Å². The summed E-state index contributed by atoms with van der Waals surface area (Å²) in [6.45, 7) is 5.26. The third kappa shape index (κ3) is 13.9. The summed E-state index contributed by atoms with van der Waals surface area (Å²) in [7, 11) is 0. The summed E-state index contributed by atoms with van der Waals surface area (Å²) in [5.74, 6) is -5.97. The van der Waals surface area contributed by atoms with E-state index in [2.05, 4.69) is 21.3 Å². The Hall–Kier alpha value is -3.48. The molecule has 18 heteroatoms. The van der Waals surface area contributed by atoms with Crippen LogP contribution in [0.5, 0.6) is 0 Å². The molecule has 5 amide bonds. The Bertz CT molecular complexity index is 1130. The molecular formula is C30H53N7O10S. The fourth-order valence-corrected chi connectivity index (χ4v) is 5.58. The SMILES string of the molecule is CSCC[C@H](NC(=O)[C@@H](NC(=O)[C@@H](N)CCC(=O)O)[C@@H](C)O)C(=O)N[C@H](C(=O)N1CCC[C@H]1C(=O)N[C@@H](CCCCN)C(=O)O)C(C)C. The molecule has 1 heterocycles. The van der Waals surface area contributed by atoms with Crippen LogP contribution in [0, 0.1) is 5.92 Å². The quantitative estimate of drug-likeness (QED) is 0.0559. The summed E-state index contributed by atoms with van der Waals surface area (Å²) in [4.78, 5) is 90.1. The van der Waals surface area contributed by atoms with Gasteiger partial charge in [-0.25, -0.2) is 4.79 Å². The predicted molar refractivity (Wildman–Crippen MR) is 177 cm³/mol. The Morgan fingerprint density at radius 1 is 0.854 bits per heavy atom. The number of aliphatic hydroxyl groups is 1. The van der Waals surface area contributed by atoms with Gasteiger partial charge in [-0.05, 0) is 76.3 Å².